The van der Waals surface area contributed by atoms with Crippen molar-refractivity contribution in [2.24, 2.45) is 5.73 Å². The monoisotopic (exact) mass is 364 g/mol. The van der Waals surface area contributed by atoms with E-state index in [0.717, 1.165) is 4.90 Å². The Labute approximate surface area is 115 Å². The number of hydrogen-bond donors (Lipinski definition) is 2. The maximum absolute atomic E-state index is 11.3. The Bertz CT molecular complexity index is 541. The fourth-order valence-corrected chi connectivity index (χ4v) is 2.71. The first-order valence-corrected chi connectivity index (χ1v) is 6.03. The third-order valence-corrected chi connectivity index (χ3v) is 3.46. The summed E-state index contributed by atoms with van der Waals surface area (Å²) in [6, 6.07) is -0.730. The van der Waals surface area contributed by atoms with Crippen molar-refractivity contribution in [1.82, 2.24) is 14.7 Å². The van der Waals surface area contributed by atoms with Crippen molar-refractivity contribution in [1.29, 1.82) is 0 Å². The highest BCUT2D eigenvalue weighted by Crippen LogP contribution is 2.25. The second-order valence-corrected chi connectivity index (χ2v) is 4.81. The van der Waals surface area contributed by atoms with Crippen LogP contribution in [-0.4, -0.2) is 44.6 Å². The molecule has 2 rings (SSSR count). The summed E-state index contributed by atoms with van der Waals surface area (Å²) in [6.45, 7) is 0.00967. The van der Waals surface area contributed by atoms with Crippen molar-refractivity contribution < 1.29 is 19.5 Å². The van der Waals surface area contributed by atoms with Gasteiger partial charge in [0.2, 0.25) is 0 Å². The van der Waals surface area contributed by atoms with E-state index in [-0.39, 0.29) is 18.7 Å². The zero-order valence-electron chi connectivity index (χ0n) is 9.04. The first-order valence-electron chi connectivity index (χ1n) is 4.95. The van der Waals surface area contributed by atoms with E-state index in [9.17, 15) is 14.4 Å². The van der Waals surface area contributed by atoms with Crippen LogP contribution in [-0.2, 0) is 11.3 Å². The highest BCUT2D eigenvalue weighted by atomic mass is 127. The predicted molar refractivity (Wildman–Crippen MR) is 67.0 cm³/mol. The van der Waals surface area contributed by atoms with Crippen LogP contribution in [0.4, 0.5) is 4.79 Å². The molecule has 1 aromatic rings. The number of hydrogen-bond acceptors (Lipinski definition) is 4. The lowest BCUT2D eigenvalue weighted by atomic mass is 10.1. The molecule has 9 heteroatoms. The number of nitrogens with two attached hydrogens (primary N) is 1. The number of halogens is 1. The molecule has 18 heavy (non-hydrogen) atoms. The summed E-state index contributed by atoms with van der Waals surface area (Å²) in [4.78, 5) is 34.3. The van der Waals surface area contributed by atoms with Gasteiger partial charge in [-0.1, -0.05) is 0 Å². The summed E-state index contributed by atoms with van der Waals surface area (Å²) < 4.78 is 1.74. The van der Waals surface area contributed by atoms with Gasteiger partial charge in [-0.05, 0) is 22.6 Å². The average Bonchev–Trinajstić information content (AvgIpc) is 2.63. The summed E-state index contributed by atoms with van der Waals surface area (Å²) in [5, 5.41) is 13.0. The van der Waals surface area contributed by atoms with Crippen molar-refractivity contribution in [2.45, 2.75) is 12.6 Å². The molecule has 1 aliphatic rings. The molecule has 3 N–H and O–H groups in total. The molecule has 0 bridgehead atoms. The fraction of sp³-hybridized carbons (Fsp3) is 0.333. The Morgan fingerprint density at radius 1 is 1.56 bits per heavy atom. The number of carboxylic acid groups (broad SMARTS) is 1. The van der Waals surface area contributed by atoms with E-state index >= 15 is 0 Å². The summed E-state index contributed by atoms with van der Waals surface area (Å²) in [5.41, 5.74) is 5.77. The van der Waals surface area contributed by atoms with E-state index < -0.39 is 18.0 Å². The van der Waals surface area contributed by atoms with Crippen molar-refractivity contribution in [2.75, 3.05) is 6.54 Å². The topological polar surface area (TPSA) is 119 Å². The van der Waals surface area contributed by atoms with Crippen molar-refractivity contribution in [3.63, 3.8) is 0 Å². The molecule has 0 aromatic carbocycles. The van der Waals surface area contributed by atoms with Crippen molar-refractivity contribution in [3.8, 4) is 0 Å². The van der Waals surface area contributed by atoms with Crippen LogP contribution in [0.25, 0.3) is 0 Å². The van der Waals surface area contributed by atoms with Gasteiger partial charge >= 0.3 is 6.09 Å². The number of carbonyl (C=O) groups excluding carboxylic acids is 2. The molecule has 2 amide bonds. The van der Waals surface area contributed by atoms with Crippen LogP contribution in [0.3, 0.4) is 0 Å². The van der Waals surface area contributed by atoms with E-state index in [1.165, 1.54) is 4.68 Å². The average molecular weight is 364 g/mol. The minimum atomic E-state index is -1.15. The highest BCUT2D eigenvalue weighted by molar-refractivity contribution is 14.1. The predicted octanol–water partition coefficient (Wildman–Crippen LogP) is -0.180. The first-order chi connectivity index (χ1) is 8.45. The summed E-state index contributed by atoms with van der Waals surface area (Å²) in [5.74, 6) is -0.683. The molecule has 1 aliphatic heterocycles. The number of rotatable bonds is 2. The van der Waals surface area contributed by atoms with Gasteiger partial charge in [0.15, 0.2) is 0 Å². The first kappa shape index (κ1) is 12.8. The van der Waals surface area contributed by atoms with E-state index in [2.05, 4.69) is 5.10 Å². The number of aromatic nitrogens is 2. The standard InChI is InChI=1S/C9H9IN4O4/c10-7-6(8(11)16)5-2-13(9(17)18)1-4(3-15)14(5)12-7/h3-4H,1-2H2,(H2,11,16)(H,17,18). The Morgan fingerprint density at radius 3 is 2.72 bits per heavy atom. The van der Waals surface area contributed by atoms with E-state index in [0.29, 0.717) is 15.7 Å². The molecule has 2 heterocycles. The Balaban J connectivity index is 2.55. The van der Waals surface area contributed by atoms with Gasteiger partial charge in [0.25, 0.3) is 5.91 Å². The number of primary amides is 1. The van der Waals surface area contributed by atoms with Crippen LogP contribution < -0.4 is 5.73 Å². The molecule has 8 nitrogen and oxygen atoms in total. The fourth-order valence-electron chi connectivity index (χ4n) is 1.90. The molecule has 0 radical (unpaired) electrons. The van der Waals surface area contributed by atoms with Crippen LogP contribution in [0, 0.1) is 3.70 Å². The van der Waals surface area contributed by atoms with Crippen LogP contribution in [0.2, 0.25) is 0 Å². The Morgan fingerprint density at radius 2 is 2.22 bits per heavy atom. The number of carbonyl (C=O) groups is 3. The zero-order chi connectivity index (χ0) is 13.4. The second kappa shape index (κ2) is 4.55. The van der Waals surface area contributed by atoms with E-state index in [4.69, 9.17) is 10.8 Å². The van der Waals surface area contributed by atoms with Gasteiger partial charge in [0, 0.05) is 0 Å². The van der Waals surface area contributed by atoms with E-state index in [1.807, 2.05) is 22.6 Å². The molecule has 0 aliphatic carbocycles. The number of aldehydes is 1. The van der Waals surface area contributed by atoms with Crippen LogP contribution in [0.15, 0.2) is 0 Å². The molecule has 0 saturated heterocycles. The zero-order valence-corrected chi connectivity index (χ0v) is 11.2. The largest absolute Gasteiger partial charge is 0.465 e. The van der Waals surface area contributed by atoms with Gasteiger partial charge in [-0.25, -0.2) is 4.79 Å². The van der Waals surface area contributed by atoms with Crippen LogP contribution in [0.1, 0.15) is 22.1 Å². The van der Waals surface area contributed by atoms with Crippen LogP contribution in [0.5, 0.6) is 0 Å². The lowest BCUT2D eigenvalue weighted by Gasteiger charge is -2.29. The van der Waals surface area contributed by atoms with E-state index in [1.54, 1.807) is 0 Å². The SMILES string of the molecule is NC(=O)c1c(I)nn2c1CN(C(=O)O)CC2C=O. The molecule has 0 spiro atoms. The summed E-state index contributed by atoms with van der Waals surface area (Å²) in [7, 11) is 0. The maximum Gasteiger partial charge on any atom is 0.407 e. The molecule has 1 atom stereocenters. The summed E-state index contributed by atoms with van der Waals surface area (Å²) in [6.07, 6.45) is -0.549. The maximum atomic E-state index is 11.3. The lowest BCUT2D eigenvalue weighted by Crippen LogP contribution is -2.41. The van der Waals surface area contributed by atoms with Gasteiger partial charge < -0.3 is 15.6 Å². The molecular formula is C9H9IN4O4. The molecular weight excluding hydrogens is 355 g/mol. The van der Waals surface area contributed by atoms with Gasteiger partial charge in [0.1, 0.15) is 16.0 Å². The Kier molecular flexibility index (Phi) is 3.24. The van der Waals surface area contributed by atoms with Gasteiger partial charge in [-0.15, -0.1) is 0 Å². The lowest BCUT2D eigenvalue weighted by molar-refractivity contribution is -0.111. The molecule has 1 aromatic heterocycles. The Hall–Kier alpha value is -1.65. The molecule has 96 valence electrons. The van der Waals surface area contributed by atoms with Gasteiger partial charge in [-0.3, -0.25) is 14.4 Å². The third kappa shape index (κ3) is 1.94. The summed E-state index contributed by atoms with van der Waals surface area (Å²) >= 11 is 1.83. The minimum Gasteiger partial charge on any atom is -0.465 e. The second-order valence-electron chi connectivity index (χ2n) is 3.79. The van der Waals surface area contributed by atoms with Gasteiger partial charge in [-0.2, -0.15) is 5.10 Å². The van der Waals surface area contributed by atoms with Crippen molar-refractivity contribution >= 4 is 40.9 Å². The third-order valence-electron chi connectivity index (χ3n) is 2.70. The molecule has 1 unspecified atom stereocenters. The minimum absolute atomic E-state index is 0.00600. The van der Waals surface area contributed by atoms with Gasteiger partial charge in [0.05, 0.1) is 24.3 Å². The number of nitrogens with zero attached hydrogens (tertiary/aromatic N) is 3. The van der Waals surface area contributed by atoms with Crippen molar-refractivity contribution in [3.05, 3.63) is 15.0 Å². The molecule has 0 saturated carbocycles. The normalized spacial score (nSPS) is 18.3. The number of fused-ring (bicyclic) bond motifs is 1. The number of amides is 2. The quantitative estimate of drug-likeness (QED) is 0.558. The highest BCUT2D eigenvalue weighted by Gasteiger charge is 2.33. The van der Waals surface area contributed by atoms with Crippen LogP contribution >= 0.6 is 22.6 Å². The smallest absolute Gasteiger partial charge is 0.407 e. The molecule has 0 fully saturated rings.